The predicted octanol–water partition coefficient (Wildman–Crippen LogP) is 2.85. The van der Waals surface area contributed by atoms with E-state index in [-0.39, 0.29) is 11.9 Å². The fraction of sp³-hybridized carbons (Fsp3) is 0.222. The monoisotopic (exact) mass is 313 g/mol. The molecular weight excluding hydrogens is 294 g/mol. The summed E-state index contributed by atoms with van der Waals surface area (Å²) in [5.41, 5.74) is 2.77. The van der Waals surface area contributed by atoms with E-state index in [4.69, 9.17) is 4.74 Å². The number of ether oxygens (including phenoxy) is 2. The lowest BCUT2D eigenvalue weighted by Crippen LogP contribution is -2.21. The van der Waals surface area contributed by atoms with Crippen molar-refractivity contribution in [3.05, 3.63) is 53.6 Å². The first-order valence-electron chi connectivity index (χ1n) is 7.06. The van der Waals surface area contributed by atoms with Crippen molar-refractivity contribution in [2.45, 2.75) is 0 Å². The van der Waals surface area contributed by atoms with E-state index in [1.165, 1.54) is 12.0 Å². The highest BCUT2D eigenvalue weighted by Crippen LogP contribution is 2.31. The summed E-state index contributed by atoms with van der Waals surface area (Å²) < 4.78 is 10.1. The van der Waals surface area contributed by atoms with Crippen LogP contribution in [-0.4, -0.2) is 45.1 Å². The fourth-order valence-corrected chi connectivity index (χ4v) is 2.22. The largest absolute Gasteiger partial charge is 0.496 e. The predicted molar refractivity (Wildman–Crippen MR) is 87.8 cm³/mol. The molecule has 0 radical (unpaired) electrons. The second kappa shape index (κ2) is 6.96. The number of benzene rings is 2. The van der Waals surface area contributed by atoms with Gasteiger partial charge in [-0.05, 0) is 35.9 Å². The van der Waals surface area contributed by atoms with Crippen LogP contribution in [0.3, 0.4) is 0 Å². The van der Waals surface area contributed by atoms with Gasteiger partial charge in [0.25, 0.3) is 5.91 Å². The minimum Gasteiger partial charge on any atom is -0.496 e. The summed E-state index contributed by atoms with van der Waals surface area (Å²) in [5, 5.41) is 0. The second-order valence-corrected chi connectivity index (χ2v) is 5.18. The molecule has 2 aromatic rings. The van der Waals surface area contributed by atoms with E-state index in [1.807, 2.05) is 18.2 Å². The fourth-order valence-electron chi connectivity index (χ4n) is 2.22. The van der Waals surface area contributed by atoms with Crippen LogP contribution in [0.25, 0.3) is 11.1 Å². The first kappa shape index (κ1) is 16.5. The summed E-state index contributed by atoms with van der Waals surface area (Å²) in [5.74, 6) is 0.134. The van der Waals surface area contributed by atoms with Crippen molar-refractivity contribution in [3.63, 3.8) is 0 Å². The smallest absolute Gasteiger partial charge is 0.337 e. The Bertz CT molecular complexity index is 720. The van der Waals surface area contributed by atoms with Gasteiger partial charge in [-0.15, -0.1) is 0 Å². The van der Waals surface area contributed by atoms with E-state index in [0.29, 0.717) is 16.9 Å². The van der Waals surface area contributed by atoms with Crippen LogP contribution in [0.4, 0.5) is 0 Å². The van der Waals surface area contributed by atoms with Crippen LogP contribution < -0.4 is 4.74 Å². The van der Waals surface area contributed by atoms with Gasteiger partial charge in [0.1, 0.15) is 5.75 Å². The van der Waals surface area contributed by atoms with Crippen molar-refractivity contribution in [1.82, 2.24) is 4.90 Å². The molecule has 2 aromatic carbocycles. The zero-order chi connectivity index (χ0) is 17.0. The first-order chi connectivity index (χ1) is 11.0. The standard InChI is InChI=1S/C18H19NO4/c1-19(2)17(20)14-9-10-15(16(11-14)22-3)12-5-7-13(8-6-12)18(21)23-4/h5-11H,1-4H3. The van der Waals surface area contributed by atoms with Gasteiger partial charge in [0.2, 0.25) is 0 Å². The van der Waals surface area contributed by atoms with Crippen LogP contribution >= 0.6 is 0 Å². The number of rotatable bonds is 4. The lowest BCUT2D eigenvalue weighted by Gasteiger charge is -2.14. The van der Waals surface area contributed by atoms with Crippen LogP contribution in [0.5, 0.6) is 5.75 Å². The molecule has 0 aliphatic carbocycles. The number of hydrogen-bond donors (Lipinski definition) is 0. The lowest BCUT2D eigenvalue weighted by molar-refractivity contribution is 0.0600. The van der Waals surface area contributed by atoms with Gasteiger partial charge < -0.3 is 14.4 Å². The van der Waals surface area contributed by atoms with Crippen LogP contribution in [0.1, 0.15) is 20.7 Å². The van der Waals surface area contributed by atoms with Crippen molar-refractivity contribution in [1.29, 1.82) is 0 Å². The summed E-state index contributed by atoms with van der Waals surface area (Å²) in [6.45, 7) is 0. The maximum Gasteiger partial charge on any atom is 0.337 e. The minimum atomic E-state index is -0.379. The van der Waals surface area contributed by atoms with E-state index < -0.39 is 0 Å². The maximum atomic E-state index is 12.0. The van der Waals surface area contributed by atoms with Gasteiger partial charge >= 0.3 is 5.97 Å². The van der Waals surface area contributed by atoms with Crippen molar-refractivity contribution in [2.24, 2.45) is 0 Å². The van der Waals surface area contributed by atoms with Gasteiger partial charge in [0.15, 0.2) is 0 Å². The number of hydrogen-bond acceptors (Lipinski definition) is 4. The number of nitrogens with zero attached hydrogens (tertiary/aromatic N) is 1. The Labute approximate surface area is 135 Å². The Morgan fingerprint density at radius 2 is 1.52 bits per heavy atom. The molecule has 0 saturated heterocycles. The third kappa shape index (κ3) is 3.51. The number of amides is 1. The Kier molecular flexibility index (Phi) is 5.01. The number of esters is 1. The van der Waals surface area contributed by atoms with E-state index in [2.05, 4.69) is 4.74 Å². The summed E-state index contributed by atoms with van der Waals surface area (Å²) in [6, 6.07) is 12.3. The molecule has 2 rings (SSSR count). The minimum absolute atomic E-state index is 0.0871. The third-order valence-electron chi connectivity index (χ3n) is 3.47. The molecule has 23 heavy (non-hydrogen) atoms. The SMILES string of the molecule is COC(=O)c1ccc(-c2ccc(C(=O)N(C)C)cc2OC)cc1. The molecular formula is C18H19NO4. The van der Waals surface area contributed by atoms with Crippen LogP contribution in [0, 0.1) is 0 Å². The lowest BCUT2D eigenvalue weighted by atomic mass is 10.0. The maximum absolute atomic E-state index is 12.0. The Morgan fingerprint density at radius 3 is 2.04 bits per heavy atom. The quantitative estimate of drug-likeness (QED) is 0.815. The molecule has 0 N–H and O–H groups in total. The van der Waals surface area contributed by atoms with E-state index in [1.54, 1.807) is 45.5 Å². The van der Waals surface area contributed by atoms with Gasteiger partial charge in [-0.25, -0.2) is 4.79 Å². The van der Waals surface area contributed by atoms with Gasteiger partial charge in [-0.3, -0.25) is 4.79 Å². The second-order valence-electron chi connectivity index (χ2n) is 5.18. The molecule has 0 bridgehead atoms. The van der Waals surface area contributed by atoms with Gasteiger partial charge in [-0.1, -0.05) is 12.1 Å². The van der Waals surface area contributed by atoms with Gasteiger partial charge in [-0.2, -0.15) is 0 Å². The highest BCUT2D eigenvalue weighted by Gasteiger charge is 2.13. The summed E-state index contributed by atoms with van der Waals surface area (Å²) >= 11 is 0. The van der Waals surface area contributed by atoms with Crippen LogP contribution in [0.2, 0.25) is 0 Å². The Hall–Kier alpha value is -2.82. The highest BCUT2D eigenvalue weighted by molar-refractivity contribution is 5.95. The molecule has 0 aliphatic heterocycles. The number of carbonyl (C=O) groups is 2. The third-order valence-corrected chi connectivity index (χ3v) is 3.47. The van der Waals surface area contributed by atoms with Gasteiger partial charge in [0, 0.05) is 25.2 Å². The molecule has 120 valence electrons. The number of carbonyl (C=O) groups excluding carboxylic acids is 2. The van der Waals surface area contributed by atoms with Gasteiger partial charge in [0.05, 0.1) is 19.8 Å². The molecule has 0 fully saturated rings. The topological polar surface area (TPSA) is 55.8 Å². The molecule has 0 aromatic heterocycles. The Balaban J connectivity index is 2.39. The molecule has 1 amide bonds. The van der Waals surface area contributed by atoms with E-state index in [9.17, 15) is 9.59 Å². The molecule has 0 aliphatic rings. The molecule has 0 heterocycles. The van der Waals surface area contributed by atoms with Crippen LogP contribution in [-0.2, 0) is 4.74 Å². The normalized spacial score (nSPS) is 10.1. The first-order valence-corrected chi connectivity index (χ1v) is 7.06. The van der Waals surface area contributed by atoms with Crippen molar-refractivity contribution >= 4 is 11.9 Å². The summed E-state index contributed by atoms with van der Waals surface area (Å²) in [4.78, 5) is 25.0. The molecule has 0 unspecified atom stereocenters. The zero-order valence-electron chi connectivity index (χ0n) is 13.6. The Morgan fingerprint density at radius 1 is 0.913 bits per heavy atom. The molecule has 5 nitrogen and oxygen atoms in total. The highest BCUT2D eigenvalue weighted by atomic mass is 16.5. The number of methoxy groups -OCH3 is 2. The van der Waals surface area contributed by atoms with Crippen molar-refractivity contribution in [3.8, 4) is 16.9 Å². The van der Waals surface area contributed by atoms with Crippen LogP contribution in [0.15, 0.2) is 42.5 Å². The molecule has 0 spiro atoms. The molecule has 5 heteroatoms. The molecule has 0 atom stereocenters. The van der Waals surface area contributed by atoms with E-state index >= 15 is 0 Å². The summed E-state index contributed by atoms with van der Waals surface area (Å²) in [6.07, 6.45) is 0. The van der Waals surface area contributed by atoms with E-state index in [0.717, 1.165) is 11.1 Å². The summed E-state index contributed by atoms with van der Waals surface area (Å²) in [7, 11) is 6.31. The zero-order valence-corrected chi connectivity index (χ0v) is 13.6. The molecule has 0 saturated carbocycles. The average molecular weight is 313 g/mol. The average Bonchev–Trinajstić information content (AvgIpc) is 2.59. The van der Waals surface area contributed by atoms with Crippen molar-refractivity contribution in [2.75, 3.05) is 28.3 Å². The van der Waals surface area contributed by atoms with Crippen molar-refractivity contribution < 1.29 is 19.1 Å².